The zero-order valence-electron chi connectivity index (χ0n) is 14.5. The first-order chi connectivity index (χ1) is 11.2. The number of amides is 1. The number of carbonyl (C=O) groups is 1. The normalized spacial score (nSPS) is 30.7. The molecule has 0 radical (unpaired) electrons. The van der Waals surface area contributed by atoms with Gasteiger partial charge in [0.05, 0.1) is 6.61 Å². The van der Waals surface area contributed by atoms with Crippen molar-refractivity contribution in [2.75, 3.05) is 19.8 Å². The summed E-state index contributed by atoms with van der Waals surface area (Å²) in [6, 6.07) is -0.148. The summed E-state index contributed by atoms with van der Waals surface area (Å²) in [5.41, 5.74) is 0. The number of aliphatic hydroxyl groups is 3. The lowest BCUT2D eigenvalue weighted by Crippen LogP contribution is -2.64. The van der Waals surface area contributed by atoms with Crippen LogP contribution in [0.15, 0.2) is 12.7 Å². The molecule has 8 nitrogen and oxygen atoms in total. The first-order valence-corrected chi connectivity index (χ1v) is 11.7. The van der Waals surface area contributed by atoms with Gasteiger partial charge in [-0.25, -0.2) is 4.79 Å². The van der Waals surface area contributed by atoms with Gasteiger partial charge in [0, 0.05) is 14.7 Å². The number of ether oxygens (including phenoxy) is 3. The minimum atomic E-state index is -1.36. The second-order valence-electron chi connectivity index (χ2n) is 6.95. The highest BCUT2D eigenvalue weighted by atomic mass is 28.3. The maximum absolute atomic E-state index is 11.7. The molecule has 0 saturated carbocycles. The van der Waals surface area contributed by atoms with Crippen molar-refractivity contribution in [3.05, 3.63) is 12.7 Å². The van der Waals surface area contributed by atoms with Crippen molar-refractivity contribution in [2.24, 2.45) is 0 Å². The molecule has 4 N–H and O–H groups in total. The maximum Gasteiger partial charge on any atom is 0.407 e. The van der Waals surface area contributed by atoms with Gasteiger partial charge in [-0.1, -0.05) is 32.3 Å². The summed E-state index contributed by atoms with van der Waals surface area (Å²) in [6.45, 7) is 9.94. The van der Waals surface area contributed by atoms with E-state index in [-0.39, 0.29) is 6.61 Å². The van der Waals surface area contributed by atoms with Gasteiger partial charge in [0.1, 0.15) is 31.0 Å². The fraction of sp³-hybridized carbons (Fsp3) is 0.800. The molecular weight excluding hydrogens is 334 g/mol. The molecule has 0 aromatic heterocycles. The van der Waals surface area contributed by atoms with Gasteiger partial charge in [-0.05, 0) is 6.04 Å². The molecule has 0 aromatic rings. The molecule has 1 saturated heterocycles. The third kappa shape index (κ3) is 6.50. The topological polar surface area (TPSA) is 117 Å². The lowest BCUT2D eigenvalue weighted by molar-refractivity contribution is -0.268. The first-order valence-electron chi connectivity index (χ1n) is 7.98. The average molecular weight is 363 g/mol. The predicted octanol–water partition coefficient (Wildman–Crippen LogP) is 0.0610. The van der Waals surface area contributed by atoms with Crippen molar-refractivity contribution < 1.29 is 34.3 Å². The summed E-state index contributed by atoms with van der Waals surface area (Å²) in [5, 5.41) is 31.9. The smallest absolute Gasteiger partial charge is 0.407 e. The highest BCUT2D eigenvalue weighted by molar-refractivity contribution is 6.76. The number of carbonyl (C=O) groups excluding carboxylic acids is 1. The Kier molecular flexibility index (Phi) is 8.34. The number of rotatable bonds is 8. The van der Waals surface area contributed by atoms with E-state index in [0.29, 0.717) is 6.61 Å². The van der Waals surface area contributed by atoms with Crippen LogP contribution in [0, 0.1) is 0 Å². The fourth-order valence-electron chi connectivity index (χ4n) is 2.17. The molecule has 1 rings (SSSR count). The second-order valence-corrected chi connectivity index (χ2v) is 12.6. The summed E-state index contributed by atoms with van der Waals surface area (Å²) in [6.07, 6.45) is -4.06. The second kappa shape index (κ2) is 9.49. The number of hydrogen-bond acceptors (Lipinski definition) is 7. The van der Waals surface area contributed by atoms with Crippen molar-refractivity contribution in [2.45, 2.75) is 56.3 Å². The first kappa shape index (κ1) is 21.1. The fourth-order valence-corrected chi connectivity index (χ4v) is 2.90. The standard InChI is InChI=1S/C15H29NO7Si/c1-5-6-22-15(20)16-11-13(19)12(18)10(9-17)23-14(11)21-7-8-24(2,3)4/h5,10-14,17-19H,1,6-9H2,2-4H3,(H,16,20)/t10-,11-,12-,13-,14-/m1/s1. The Bertz CT molecular complexity index is 415. The quantitative estimate of drug-likeness (QED) is 0.356. The van der Waals surface area contributed by atoms with E-state index in [1.807, 2.05) is 0 Å². The van der Waals surface area contributed by atoms with Gasteiger partial charge >= 0.3 is 6.09 Å². The maximum atomic E-state index is 11.7. The number of alkyl carbamates (subject to hydrolysis) is 1. The van der Waals surface area contributed by atoms with Gasteiger partial charge in [0.15, 0.2) is 6.29 Å². The third-order valence-electron chi connectivity index (χ3n) is 3.63. The molecule has 0 bridgehead atoms. The van der Waals surface area contributed by atoms with E-state index in [4.69, 9.17) is 14.2 Å². The molecule has 9 heteroatoms. The lowest BCUT2D eigenvalue weighted by Gasteiger charge is -2.42. The SMILES string of the molecule is C=CCOC(=O)N[C@H]1[C@H](OCC[Si](C)(C)C)O[C@H](CO)[C@@H](O)[C@@H]1O. The monoisotopic (exact) mass is 363 g/mol. The van der Waals surface area contributed by atoms with Crippen LogP contribution in [-0.4, -0.2) is 80.0 Å². The minimum Gasteiger partial charge on any atom is -0.445 e. The summed E-state index contributed by atoms with van der Waals surface area (Å²) in [7, 11) is -1.33. The molecular formula is C15H29NO7Si. The molecule has 1 amide bonds. The Morgan fingerprint density at radius 2 is 2.00 bits per heavy atom. The van der Waals surface area contributed by atoms with Crippen LogP contribution < -0.4 is 5.32 Å². The van der Waals surface area contributed by atoms with Crippen molar-refractivity contribution in [3.8, 4) is 0 Å². The van der Waals surface area contributed by atoms with Crippen molar-refractivity contribution >= 4 is 14.2 Å². The summed E-state index contributed by atoms with van der Waals surface area (Å²) >= 11 is 0. The minimum absolute atomic E-state index is 0.0124. The van der Waals surface area contributed by atoms with Crippen LogP contribution in [0.5, 0.6) is 0 Å². The van der Waals surface area contributed by atoms with E-state index in [9.17, 15) is 20.1 Å². The van der Waals surface area contributed by atoms with E-state index in [2.05, 4.69) is 31.5 Å². The molecule has 0 unspecified atom stereocenters. The Hall–Kier alpha value is -0.973. The van der Waals surface area contributed by atoms with Crippen molar-refractivity contribution in [1.29, 1.82) is 0 Å². The van der Waals surface area contributed by atoms with Crippen LogP contribution >= 0.6 is 0 Å². The summed E-state index contributed by atoms with van der Waals surface area (Å²) in [4.78, 5) is 11.7. The molecule has 1 aliphatic rings. The van der Waals surface area contributed by atoms with Gasteiger partial charge < -0.3 is 34.8 Å². The average Bonchev–Trinajstić information content (AvgIpc) is 2.50. The van der Waals surface area contributed by atoms with Gasteiger partial charge in [0.25, 0.3) is 0 Å². The molecule has 1 aliphatic heterocycles. The Morgan fingerprint density at radius 1 is 1.33 bits per heavy atom. The van der Waals surface area contributed by atoms with E-state index in [1.165, 1.54) is 6.08 Å². The van der Waals surface area contributed by atoms with Gasteiger partial charge in [0.2, 0.25) is 0 Å². The molecule has 1 heterocycles. The molecule has 0 aliphatic carbocycles. The molecule has 1 fully saturated rings. The van der Waals surface area contributed by atoms with Crippen LogP contribution in [0.1, 0.15) is 0 Å². The predicted molar refractivity (Wildman–Crippen MR) is 90.3 cm³/mol. The van der Waals surface area contributed by atoms with Crippen molar-refractivity contribution in [3.63, 3.8) is 0 Å². The molecule has 0 aromatic carbocycles. The molecule has 0 spiro atoms. The van der Waals surface area contributed by atoms with Gasteiger partial charge in [-0.2, -0.15) is 0 Å². The zero-order valence-corrected chi connectivity index (χ0v) is 15.5. The number of nitrogens with one attached hydrogen (secondary N) is 1. The van der Waals surface area contributed by atoms with Crippen molar-refractivity contribution in [1.82, 2.24) is 5.32 Å². The van der Waals surface area contributed by atoms with Gasteiger partial charge in [-0.15, -0.1) is 0 Å². The Balaban J connectivity index is 2.74. The largest absolute Gasteiger partial charge is 0.445 e. The van der Waals surface area contributed by atoms with Crippen LogP contribution in [0.4, 0.5) is 4.79 Å². The highest BCUT2D eigenvalue weighted by Crippen LogP contribution is 2.23. The highest BCUT2D eigenvalue weighted by Gasteiger charge is 2.45. The van der Waals surface area contributed by atoms with E-state index >= 15 is 0 Å². The molecule has 24 heavy (non-hydrogen) atoms. The van der Waals surface area contributed by atoms with Crippen LogP contribution in [0.3, 0.4) is 0 Å². The summed E-state index contributed by atoms with van der Waals surface area (Å²) in [5.74, 6) is 0. The van der Waals surface area contributed by atoms with Crippen LogP contribution in [0.2, 0.25) is 25.7 Å². The van der Waals surface area contributed by atoms with E-state index in [1.54, 1.807) is 0 Å². The lowest BCUT2D eigenvalue weighted by atomic mass is 9.97. The molecule has 5 atom stereocenters. The third-order valence-corrected chi connectivity index (χ3v) is 5.34. The Morgan fingerprint density at radius 3 is 2.54 bits per heavy atom. The van der Waals surface area contributed by atoms with Crippen LogP contribution in [0.25, 0.3) is 0 Å². The molecule has 140 valence electrons. The number of aliphatic hydroxyl groups excluding tert-OH is 3. The van der Waals surface area contributed by atoms with Crippen LogP contribution in [-0.2, 0) is 14.2 Å². The summed E-state index contributed by atoms with van der Waals surface area (Å²) < 4.78 is 16.0. The van der Waals surface area contributed by atoms with Gasteiger partial charge in [-0.3, -0.25) is 0 Å². The van der Waals surface area contributed by atoms with E-state index in [0.717, 1.165) is 6.04 Å². The Labute approximate surface area is 143 Å². The van der Waals surface area contributed by atoms with E-state index < -0.39 is 51.4 Å². The zero-order chi connectivity index (χ0) is 18.3. The number of hydrogen-bond donors (Lipinski definition) is 4.